The summed E-state index contributed by atoms with van der Waals surface area (Å²) in [6.07, 6.45) is 3.64. The highest BCUT2D eigenvalue weighted by Crippen LogP contribution is 2.26. The Morgan fingerprint density at radius 3 is 2.71 bits per heavy atom. The molecule has 2 rings (SSSR count). The molecule has 0 saturated heterocycles. The van der Waals surface area contributed by atoms with Gasteiger partial charge in [0.05, 0.1) is 11.6 Å². The van der Waals surface area contributed by atoms with Gasteiger partial charge in [-0.2, -0.15) is 0 Å². The van der Waals surface area contributed by atoms with Crippen molar-refractivity contribution in [3.63, 3.8) is 0 Å². The van der Waals surface area contributed by atoms with Gasteiger partial charge in [0.1, 0.15) is 5.82 Å². The molecule has 17 heavy (non-hydrogen) atoms. The van der Waals surface area contributed by atoms with Crippen LogP contribution in [0.15, 0.2) is 18.2 Å². The van der Waals surface area contributed by atoms with Crippen LogP contribution in [0, 0.1) is 5.82 Å². The molecule has 1 aromatic rings. The van der Waals surface area contributed by atoms with Crippen molar-refractivity contribution >= 4 is 11.6 Å². The summed E-state index contributed by atoms with van der Waals surface area (Å²) in [5.41, 5.74) is 0.997. The van der Waals surface area contributed by atoms with Gasteiger partial charge in [0.15, 0.2) is 0 Å². The number of hydrogen-bond acceptors (Lipinski definition) is 2. The fourth-order valence-electron chi connectivity index (χ4n) is 2.14. The molecule has 0 radical (unpaired) electrons. The van der Waals surface area contributed by atoms with E-state index in [2.05, 4.69) is 4.90 Å². The van der Waals surface area contributed by atoms with Gasteiger partial charge in [0.25, 0.3) is 0 Å². The van der Waals surface area contributed by atoms with Crippen molar-refractivity contribution in [2.24, 2.45) is 0 Å². The number of rotatable bonds is 5. The van der Waals surface area contributed by atoms with E-state index in [1.54, 1.807) is 12.1 Å². The number of halogens is 2. The largest absolute Gasteiger partial charge is 0.395 e. The van der Waals surface area contributed by atoms with E-state index in [9.17, 15) is 4.39 Å². The molecule has 0 bridgehead atoms. The molecule has 0 heterocycles. The van der Waals surface area contributed by atoms with Gasteiger partial charge in [-0.3, -0.25) is 4.90 Å². The van der Waals surface area contributed by atoms with E-state index in [0.29, 0.717) is 12.6 Å². The first kappa shape index (κ1) is 12.8. The second-order valence-corrected chi connectivity index (χ2v) is 4.93. The zero-order valence-electron chi connectivity index (χ0n) is 9.70. The van der Waals surface area contributed by atoms with Gasteiger partial charge < -0.3 is 5.11 Å². The normalized spacial score (nSPS) is 16.2. The first-order valence-electron chi connectivity index (χ1n) is 5.99. The van der Waals surface area contributed by atoms with Crippen LogP contribution in [0.2, 0.25) is 5.02 Å². The zero-order valence-corrected chi connectivity index (χ0v) is 10.5. The smallest absolute Gasteiger partial charge is 0.141 e. The summed E-state index contributed by atoms with van der Waals surface area (Å²) in [5, 5.41) is 9.22. The molecule has 0 aromatic heterocycles. The van der Waals surface area contributed by atoms with Crippen LogP contribution < -0.4 is 0 Å². The molecular weight excluding hydrogens is 241 g/mol. The van der Waals surface area contributed by atoms with Crippen molar-refractivity contribution < 1.29 is 9.50 Å². The summed E-state index contributed by atoms with van der Waals surface area (Å²) in [7, 11) is 0. The highest BCUT2D eigenvalue weighted by atomic mass is 35.5. The average Bonchev–Trinajstić information content (AvgIpc) is 2.21. The Morgan fingerprint density at radius 2 is 2.18 bits per heavy atom. The van der Waals surface area contributed by atoms with Crippen molar-refractivity contribution in [3.8, 4) is 0 Å². The molecule has 1 N–H and O–H groups in total. The van der Waals surface area contributed by atoms with Crippen LogP contribution in [0.5, 0.6) is 0 Å². The van der Waals surface area contributed by atoms with E-state index in [-0.39, 0.29) is 17.4 Å². The fraction of sp³-hybridized carbons (Fsp3) is 0.538. The van der Waals surface area contributed by atoms with Gasteiger partial charge in [0.2, 0.25) is 0 Å². The van der Waals surface area contributed by atoms with E-state index in [0.717, 1.165) is 12.1 Å². The van der Waals surface area contributed by atoms with Gasteiger partial charge in [-0.15, -0.1) is 0 Å². The van der Waals surface area contributed by atoms with Gasteiger partial charge in [0, 0.05) is 19.1 Å². The Labute approximate surface area is 106 Å². The monoisotopic (exact) mass is 257 g/mol. The van der Waals surface area contributed by atoms with Crippen molar-refractivity contribution in [3.05, 3.63) is 34.6 Å². The maximum Gasteiger partial charge on any atom is 0.141 e. The molecule has 94 valence electrons. The Balaban J connectivity index is 2.02. The highest BCUT2D eigenvalue weighted by Gasteiger charge is 2.24. The number of hydrogen-bond donors (Lipinski definition) is 1. The van der Waals surface area contributed by atoms with Crippen LogP contribution in [0.3, 0.4) is 0 Å². The maximum atomic E-state index is 13.0. The van der Waals surface area contributed by atoms with E-state index in [4.69, 9.17) is 16.7 Å². The van der Waals surface area contributed by atoms with E-state index in [1.165, 1.54) is 25.3 Å². The zero-order chi connectivity index (χ0) is 12.3. The van der Waals surface area contributed by atoms with E-state index >= 15 is 0 Å². The molecule has 0 aliphatic heterocycles. The third-order valence-electron chi connectivity index (χ3n) is 3.35. The SMILES string of the molecule is OCCN(Cc1ccc(F)c(Cl)c1)C1CCC1. The number of aliphatic hydroxyl groups is 1. The van der Waals surface area contributed by atoms with Crippen molar-refractivity contribution in [1.82, 2.24) is 4.90 Å². The summed E-state index contributed by atoms with van der Waals surface area (Å²) in [6.45, 7) is 1.55. The van der Waals surface area contributed by atoms with Crippen LogP contribution in [0.1, 0.15) is 24.8 Å². The Kier molecular flexibility index (Phi) is 4.37. The van der Waals surface area contributed by atoms with Crippen LogP contribution in [-0.2, 0) is 6.54 Å². The predicted octanol–water partition coefficient (Wildman–Crippen LogP) is 2.83. The summed E-state index contributed by atoms with van der Waals surface area (Å²) >= 11 is 5.76. The molecule has 0 unspecified atom stereocenters. The average molecular weight is 258 g/mol. The first-order valence-corrected chi connectivity index (χ1v) is 6.37. The Hall–Kier alpha value is -0.640. The molecule has 0 atom stereocenters. The Morgan fingerprint density at radius 1 is 1.41 bits per heavy atom. The van der Waals surface area contributed by atoms with Gasteiger partial charge in [-0.25, -0.2) is 4.39 Å². The summed E-state index contributed by atoms with van der Waals surface area (Å²) < 4.78 is 13.0. The predicted molar refractivity (Wildman–Crippen MR) is 66.5 cm³/mol. The lowest BCUT2D eigenvalue weighted by Crippen LogP contribution is -2.41. The molecule has 1 fully saturated rings. The lowest BCUT2D eigenvalue weighted by Gasteiger charge is -2.37. The molecule has 0 amide bonds. The topological polar surface area (TPSA) is 23.5 Å². The molecule has 4 heteroatoms. The quantitative estimate of drug-likeness (QED) is 0.877. The first-order chi connectivity index (χ1) is 8.20. The van der Waals surface area contributed by atoms with E-state index in [1.807, 2.05) is 0 Å². The molecule has 1 aromatic carbocycles. The minimum Gasteiger partial charge on any atom is -0.395 e. The van der Waals surface area contributed by atoms with Crippen LogP contribution >= 0.6 is 11.6 Å². The minimum atomic E-state index is -0.382. The third kappa shape index (κ3) is 3.18. The lowest BCUT2D eigenvalue weighted by molar-refractivity contribution is 0.0945. The van der Waals surface area contributed by atoms with Crippen molar-refractivity contribution in [2.75, 3.05) is 13.2 Å². The molecule has 1 aliphatic rings. The molecule has 1 aliphatic carbocycles. The van der Waals surface area contributed by atoms with Crippen molar-refractivity contribution in [1.29, 1.82) is 0 Å². The van der Waals surface area contributed by atoms with Crippen LogP contribution in [0.25, 0.3) is 0 Å². The summed E-state index contributed by atoms with van der Waals surface area (Å²) in [4.78, 5) is 2.24. The van der Waals surface area contributed by atoms with Crippen molar-refractivity contribution in [2.45, 2.75) is 31.8 Å². The highest BCUT2D eigenvalue weighted by molar-refractivity contribution is 6.30. The fourth-order valence-corrected chi connectivity index (χ4v) is 2.35. The van der Waals surface area contributed by atoms with Gasteiger partial charge in [-0.05, 0) is 30.5 Å². The minimum absolute atomic E-state index is 0.158. The van der Waals surface area contributed by atoms with Gasteiger partial charge in [-0.1, -0.05) is 24.1 Å². The maximum absolute atomic E-state index is 13.0. The molecule has 1 saturated carbocycles. The van der Waals surface area contributed by atoms with Gasteiger partial charge >= 0.3 is 0 Å². The number of benzene rings is 1. The molecule has 2 nitrogen and oxygen atoms in total. The molecular formula is C13H17ClFNO. The summed E-state index contributed by atoms with van der Waals surface area (Å²) in [5.74, 6) is -0.382. The number of aliphatic hydroxyl groups excluding tert-OH is 1. The molecule has 0 spiro atoms. The van der Waals surface area contributed by atoms with Crippen LogP contribution in [-0.4, -0.2) is 29.2 Å². The second-order valence-electron chi connectivity index (χ2n) is 4.53. The summed E-state index contributed by atoms with van der Waals surface area (Å²) in [6, 6.07) is 5.38. The third-order valence-corrected chi connectivity index (χ3v) is 3.64. The second kappa shape index (κ2) is 5.80. The lowest BCUT2D eigenvalue weighted by atomic mass is 9.91. The number of nitrogens with zero attached hydrogens (tertiary/aromatic N) is 1. The van der Waals surface area contributed by atoms with Crippen LogP contribution in [0.4, 0.5) is 4.39 Å². The standard InChI is InChI=1S/C13H17ClFNO/c14-12-8-10(4-5-13(12)15)9-16(6-7-17)11-2-1-3-11/h4-5,8,11,17H,1-3,6-7,9H2. The Bertz CT molecular complexity index is 382. The van der Waals surface area contributed by atoms with E-state index < -0.39 is 0 Å².